The van der Waals surface area contributed by atoms with Crippen LogP contribution in [0, 0.1) is 6.92 Å². The van der Waals surface area contributed by atoms with Crippen LogP contribution in [0.4, 0.5) is 0 Å². The second kappa shape index (κ2) is 7.20. The van der Waals surface area contributed by atoms with Gasteiger partial charge in [-0.2, -0.15) is 0 Å². The van der Waals surface area contributed by atoms with Crippen molar-refractivity contribution >= 4 is 5.78 Å². The molecular formula is C16H24O2. The predicted molar refractivity (Wildman–Crippen MR) is 75.3 cm³/mol. The SMILES string of the molecule is CCCOc1ccc(C(C)CCC(C)=O)c(C)c1. The Morgan fingerprint density at radius 2 is 2.11 bits per heavy atom. The van der Waals surface area contributed by atoms with Crippen LogP contribution >= 0.6 is 0 Å². The van der Waals surface area contributed by atoms with Crippen molar-refractivity contribution in [3.8, 4) is 5.75 Å². The standard InChI is InChI=1S/C16H24O2/c1-5-10-18-15-8-9-16(13(3)11-15)12(2)6-7-14(4)17/h8-9,11-12H,5-7,10H2,1-4H3. The third-order valence-corrected chi connectivity index (χ3v) is 3.17. The molecule has 0 aliphatic rings. The van der Waals surface area contributed by atoms with Gasteiger partial charge >= 0.3 is 0 Å². The lowest BCUT2D eigenvalue weighted by molar-refractivity contribution is -0.117. The molecule has 2 heteroatoms. The number of Topliss-reactive ketones (excluding diaryl/α,β-unsaturated/α-hetero) is 1. The van der Waals surface area contributed by atoms with Gasteiger partial charge in [0.15, 0.2) is 0 Å². The summed E-state index contributed by atoms with van der Waals surface area (Å²) in [6.07, 6.45) is 2.61. The van der Waals surface area contributed by atoms with Crippen LogP contribution in [0.15, 0.2) is 18.2 Å². The lowest BCUT2D eigenvalue weighted by Crippen LogP contribution is -2.01. The molecule has 0 fully saturated rings. The summed E-state index contributed by atoms with van der Waals surface area (Å²) in [4.78, 5) is 11.0. The molecule has 2 nitrogen and oxygen atoms in total. The van der Waals surface area contributed by atoms with Crippen LogP contribution in [0.5, 0.6) is 5.75 Å². The maximum Gasteiger partial charge on any atom is 0.129 e. The van der Waals surface area contributed by atoms with E-state index in [0.717, 1.165) is 25.2 Å². The van der Waals surface area contributed by atoms with Gasteiger partial charge in [-0.05, 0) is 55.9 Å². The summed E-state index contributed by atoms with van der Waals surface area (Å²) in [7, 11) is 0. The highest BCUT2D eigenvalue weighted by atomic mass is 16.5. The molecular weight excluding hydrogens is 224 g/mol. The van der Waals surface area contributed by atoms with Crippen LogP contribution in [0.25, 0.3) is 0 Å². The molecule has 0 bridgehead atoms. The van der Waals surface area contributed by atoms with Gasteiger partial charge in [0.25, 0.3) is 0 Å². The fraction of sp³-hybridized carbons (Fsp3) is 0.562. The van der Waals surface area contributed by atoms with Crippen LogP contribution in [0.2, 0.25) is 0 Å². The average Bonchev–Trinajstić information content (AvgIpc) is 2.33. The molecule has 1 aromatic carbocycles. The lowest BCUT2D eigenvalue weighted by Gasteiger charge is -2.15. The summed E-state index contributed by atoms with van der Waals surface area (Å²) < 4.78 is 5.61. The first kappa shape index (κ1) is 14.7. The molecule has 0 saturated carbocycles. The zero-order valence-corrected chi connectivity index (χ0v) is 12.0. The van der Waals surface area contributed by atoms with E-state index in [-0.39, 0.29) is 5.78 Å². The van der Waals surface area contributed by atoms with Crippen LogP contribution < -0.4 is 4.74 Å². The molecule has 1 rings (SSSR count). The second-order valence-corrected chi connectivity index (χ2v) is 5.01. The highest BCUT2D eigenvalue weighted by Crippen LogP contribution is 2.27. The Kier molecular flexibility index (Phi) is 5.90. The number of aryl methyl sites for hydroxylation is 1. The number of benzene rings is 1. The second-order valence-electron chi connectivity index (χ2n) is 5.01. The third kappa shape index (κ3) is 4.52. The molecule has 0 saturated heterocycles. The van der Waals surface area contributed by atoms with E-state index in [0.29, 0.717) is 12.3 Å². The molecule has 0 aliphatic heterocycles. The Labute approximate surface area is 110 Å². The van der Waals surface area contributed by atoms with E-state index in [9.17, 15) is 4.79 Å². The predicted octanol–water partition coefficient (Wildman–Crippen LogP) is 4.26. The number of hydrogen-bond donors (Lipinski definition) is 0. The molecule has 1 unspecified atom stereocenters. The monoisotopic (exact) mass is 248 g/mol. The van der Waals surface area contributed by atoms with E-state index < -0.39 is 0 Å². The zero-order chi connectivity index (χ0) is 13.5. The normalized spacial score (nSPS) is 12.2. The van der Waals surface area contributed by atoms with Crippen molar-refractivity contribution in [1.29, 1.82) is 0 Å². The Morgan fingerprint density at radius 1 is 1.39 bits per heavy atom. The van der Waals surface area contributed by atoms with Gasteiger partial charge < -0.3 is 9.53 Å². The molecule has 1 aromatic rings. The Balaban J connectivity index is 2.68. The minimum atomic E-state index is 0.266. The molecule has 0 aliphatic carbocycles. The Hall–Kier alpha value is -1.31. The van der Waals surface area contributed by atoms with Crippen molar-refractivity contribution in [3.05, 3.63) is 29.3 Å². The summed E-state index contributed by atoms with van der Waals surface area (Å²) in [5, 5.41) is 0. The quantitative estimate of drug-likeness (QED) is 0.720. The van der Waals surface area contributed by atoms with E-state index in [1.54, 1.807) is 6.92 Å². The van der Waals surface area contributed by atoms with E-state index in [2.05, 4.69) is 32.9 Å². The maximum absolute atomic E-state index is 11.0. The number of carbonyl (C=O) groups is 1. The minimum absolute atomic E-state index is 0.266. The van der Waals surface area contributed by atoms with Gasteiger partial charge in [-0.25, -0.2) is 0 Å². The van der Waals surface area contributed by atoms with E-state index in [4.69, 9.17) is 4.74 Å². The first-order valence-electron chi connectivity index (χ1n) is 6.77. The van der Waals surface area contributed by atoms with Crippen molar-refractivity contribution in [2.24, 2.45) is 0 Å². The van der Waals surface area contributed by atoms with Crippen molar-refractivity contribution in [2.45, 2.75) is 52.9 Å². The fourth-order valence-corrected chi connectivity index (χ4v) is 2.09. The number of ketones is 1. The summed E-state index contributed by atoms with van der Waals surface area (Å²) in [6, 6.07) is 6.25. The number of hydrogen-bond acceptors (Lipinski definition) is 2. The van der Waals surface area contributed by atoms with Crippen molar-refractivity contribution in [2.75, 3.05) is 6.61 Å². The van der Waals surface area contributed by atoms with Crippen LogP contribution in [-0.4, -0.2) is 12.4 Å². The van der Waals surface area contributed by atoms with Gasteiger partial charge in [-0.15, -0.1) is 0 Å². The maximum atomic E-state index is 11.0. The summed E-state index contributed by atoms with van der Waals surface area (Å²) in [6.45, 7) is 8.81. The van der Waals surface area contributed by atoms with E-state index >= 15 is 0 Å². The average molecular weight is 248 g/mol. The highest BCUT2D eigenvalue weighted by molar-refractivity contribution is 5.75. The van der Waals surface area contributed by atoms with Crippen LogP contribution in [0.1, 0.15) is 57.1 Å². The number of rotatable bonds is 7. The van der Waals surface area contributed by atoms with Gasteiger partial charge in [0.2, 0.25) is 0 Å². The van der Waals surface area contributed by atoms with E-state index in [1.807, 2.05) is 6.07 Å². The molecule has 18 heavy (non-hydrogen) atoms. The van der Waals surface area contributed by atoms with Crippen LogP contribution in [-0.2, 0) is 4.79 Å². The lowest BCUT2D eigenvalue weighted by atomic mass is 9.92. The third-order valence-electron chi connectivity index (χ3n) is 3.17. The fourth-order valence-electron chi connectivity index (χ4n) is 2.09. The summed E-state index contributed by atoms with van der Waals surface area (Å²) in [5.74, 6) is 1.63. The number of ether oxygens (including phenoxy) is 1. The van der Waals surface area contributed by atoms with Gasteiger partial charge in [-0.1, -0.05) is 19.9 Å². The molecule has 0 N–H and O–H groups in total. The molecule has 0 spiro atoms. The molecule has 0 aromatic heterocycles. The first-order valence-corrected chi connectivity index (χ1v) is 6.77. The first-order chi connectivity index (χ1) is 8.54. The molecule has 100 valence electrons. The Bertz CT molecular complexity index is 396. The van der Waals surface area contributed by atoms with Gasteiger partial charge in [0.05, 0.1) is 6.61 Å². The van der Waals surface area contributed by atoms with Gasteiger partial charge in [-0.3, -0.25) is 0 Å². The molecule has 1 atom stereocenters. The highest BCUT2D eigenvalue weighted by Gasteiger charge is 2.10. The van der Waals surface area contributed by atoms with Gasteiger partial charge in [0, 0.05) is 6.42 Å². The van der Waals surface area contributed by atoms with E-state index in [1.165, 1.54) is 11.1 Å². The summed E-state index contributed by atoms with van der Waals surface area (Å²) >= 11 is 0. The Morgan fingerprint density at radius 3 is 2.67 bits per heavy atom. The number of carbonyl (C=O) groups excluding carboxylic acids is 1. The minimum Gasteiger partial charge on any atom is -0.494 e. The topological polar surface area (TPSA) is 26.3 Å². The molecule has 0 radical (unpaired) electrons. The summed E-state index contributed by atoms with van der Waals surface area (Å²) in [5.41, 5.74) is 2.57. The van der Waals surface area contributed by atoms with Crippen molar-refractivity contribution in [1.82, 2.24) is 0 Å². The zero-order valence-electron chi connectivity index (χ0n) is 12.0. The van der Waals surface area contributed by atoms with Crippen molar-refractivity contribution < 1.29 is 9.53 Å². The van der Waals surface area contributed by atoms with Gasteiger partial charge in [0.1, 0.15) is 11.5 Å². The largest absolute Gasteiger partial charge is 0.494 e. The molecule has 0 amide bonds. The van der Waals surface area contributed by atoms with Crippen molar-refractivity contribution in [3.63, 3.8) is 0 Å². The molecule has 0 heterocycles. The smallest absolute Gasteiger partial charge is 0.129 e. The van der Waals surface area contributed by atoms with Crippen LogP contribution in [0.3, 0.4) is 0 Å².